The first kappa shape index (κ1) is 24.1. The Balaban J connectivity index is 2.03. The number of amides is 2. The van der Waals surface area contributed by atoms with Crippen LogP contribution >= 0.6 is 11.3 Å². The number of hydrogen-bond acceptors (Lipinski definition) is 6. The number of nitrogens with one attached hydrogen (secondary N) is 2. The predicted octanol–water partition coefficient (Wildman–Crippen LogP) is 4.06. The first-order chi connectivity index (χ1) is 15.3. The molecule has 0 aliphatic carbocycles. The summed E-state index contributed by atoms with van der Waals surface area (Å²) in [6.45, 7) is 6.22. The molecule has 0 unspecified atom stereocenters. The van der Waals surface area contributed by atoms with E-state index in [2.05, 4.69) is 20.7 Å². The number of hydrogen-bond donors (Lipinski definition) is 2. The van der Waals surface area contributed by atoms with Gasteiger partial charge in [-0.3, -0.25) is 14.4 Å². The summed E-state index contributed by atoms with van der Waals surface area (Å²) in [7, 11) is 1.50. The Kier molecular flexibility index (Phi) is 6.41. The molecule has 0 saturated heterocycles. The second-order valence-corrected chi connectivity index (χ2v) is 8.34. The molecule has 174 valence electrons. The number of alkyl halides is 3. The fraction of sp³-hybridized carbons (Fsp3) is 0.286. The standard InChI is InChI=1S/C21H20F3N5O3S/c1-9-10(2)28-29(5)20(32)16(9)19-25-11(3)17(33-19)18(31)27-15-8-13(21(22,23)24)6-7-14(15)26-12(4)30/h6-8H,1-5H3,(H,26,30)(H,27,31). The second kappa shape index (κ2) is 8.77. The van der Waals surface area contributed by atoms with E-state index in [0.717, 1.165) is 29.5 Å². The van der Waals surface area contributed by atoms with Gasteiger partial charge >= 0.3 is 6.18 Å². The highest BCUT2D eigenvalue weighted by atomic mass is 32.1. The van der Waals surface area contributed by atoms with Crippen LogP contribution in [0.1, 0.15) is 39.1 Å². The zero-order valence-electron chi connectivity index (χ0n) is 18.3. The second-order valence-electron chi connectivity index (χ2n) is 7.34. The Labute approximate surface area is 190 Å². The molecule has 0 spiro atoms. The number of rotatable bonds is 4. The minimum Gasteiger partial charge on any atom is -0.325 e. The predicted molar refractivity (Wildman–Crippen MR) is 118 cm³/mol. The minimum absolute atomic E-state index is 0.0146. The van der Waals surface area contributed by atoms with Crippen LogP contribution in [0.3, 0.4) is 0 Å². The average molecular weight is 479 g/mol. The van der Waals surface area contributed by atoms with Crippen molar-refractivity contribution in [2.75, 3.05) is 10.6 Å². The van der Waals surface area contributed by atoms with Gasteiger partial charge in [0.25, 0.3) is 11.5 Å². The first-order valence-electron chi connectivity index (χ1n) is 9.62. The lowest BCUT2D eigenvalue weighted by Gasteiger charge is -2.14. The Bertz CT molecular complexity index is 1330. The van der Waals surface area contributed by atoms with Gasteiger partial charge in [-0.1, -0.05) is 0 Å². The summed E-state index contributed by atoms with van der Waals surface area (Å²) in [6.07, 6.45) is -4.64. The maximum absolute atomic E-state index is 13.2. The van der Waals surface area contributed by atoms with Gasteiger partial charge in [0.1, 0.15) is 9.88 Å². The molecular formula is C21H20F3N5O3S. The first-order valence-corrected chi connectivity index (χ1v) is 10.4. The van der Waals surface area contributed by atoms with Gasteiger partial charge in [-0.2, -0.15) is 18.3 Å². The fourth-order valence-corrected chi connectivity index (χ4v) is 4.17. The van der Waals surface area contributed by atoms with E-state index in [1.807, 2.05) is 0 Å². The summed E-state index contributed by atoms with van der Waals surface area (Å²) >= 11 is 0.941. The van der Waals surface area contributed by atoms with Gasteiger partial charge in [-0.25, -0.2) is 9.67 Å². The van der Waals surface area contributed by atoms with Gasteiger partial charge in [0, 0.05) is 14.0 Å². The number of benzene rings is 1. The maximum atomic E-state index is 13.2. The van der Waals surface area contributed by atoms with Crippen LogP contribution in [0.25, 0.3) is 10.6 Å². The molecule has 0 fully saturated rings. The van der Waals surface area contributed by atoms with Crippen molar-refractivity contribution < 1.29 is 22.8 Å². The van der Waals surface area contributed by atoms with Gasteiger partial charge in [-0.15, -0.1) is 11.3 Å². The molecule has 2 heterocycles. The third-order valence-electron chi connectivity index (χ3n) is 4.85. The zero-order valence-corrected chi connectivity index (χ0v) is 19.2. The van der Waals surface area contributed by atoms with Crippen LogP contribution in [-0.2, 0) is 18.0 Å². The molecule has 2 N–H and O–H groups in total. The summed E-state index contributed by atoms with van der Waals surface area (Å²) in [5, 5.41) is 9.24. The summed E-state index contributed by atoms with van der Waals surface area (Å²) in [5.74, 6) is -1.23. The number of thiazole rings is 1. The van der Waals surface area contributed by atoms with Crippen LogP contribution in [0.4, 0.5) is 24.5 Å². The SMILES string of the molecule is CC(=O)Nc1ccc(C(F)(F)F)cc1NC(=O)c1sc(-c2c(C)c(C)nn(C)c2=O)nc1C. The van der Waals surface area contributed by atoms with E-state index in [1.54, 1.807) is 20.8 Å². The van der Waals surface area contributed by atoms with Gasteiger partial charge in [0.05, 0.1) is 33.9 Å². The Morgan fingerprint density at radius 3 is 2.33 bits per heavy atom. The highest BCUT2D eigenvalue weighted by Crippen LogP contribution is 2.35. The van der Waals surface area contributed by atoms with Gasteiger partial charge in [-0.05, 0) is 44.5 Å². The average Bonchev–Trinajstić information content (AvgIpc) is 3.08. The van der Waals surface area contributed by atoms with Crippen molar-refractivity contribution in [2.24, 2.45) is 7.05 Å². The monoisotopic (exact) mass is 479 g/mol. The molecule has 0 saturated carbocycles. The summed E-state index contributed by atoms with van der Waals surface area (Å²) in [5.41, 5.74) is 0.266. The van der Waals surface area contributed by atoms with Crippen LogP contribution in [-0.4, -0.2) is 26.6 Å². The molecule has 0 atom stereocenters. The molecule has 0 aliphatic rings. The van der Waals surface area contributed by atoms with E-state index in [4.69, 9.17) is 0 Å². The van der Waals surface area contributed by atoms with Crippen molar-refractivity contribution in [3.63, 3.8) is 0 Å². The molecule has 2 aromatic heterocycles. The third kappa shape index (κ3) is 4.95. The lowest BCUT2D eigenvalue weighted by molar-refractivity contribution is -0.137. The molecule has 2 amide bonds. The normalized spacial score (nSPS) is 11.4. The number of aryl methyl sites for hydroxylation is 3. The summed E-state index contributed by atoms with van der Waals surface area (Å²) in [4.78, 5) is 41.5. The number of carbonyl (C=O) groups is 2. The van der Waals surface area contributed by atoms with Gasteiger partial charge < -0.3 is 10.6 Å². The molecule has 1 aromatic carbocycles. The lowest BCUT2D eigenvalue weighted by Crippen LogP contribution is -2.23. The number of halogens is 3. The number of nitrogens with zero attached hydrogens (tertiary/aromatic N) is 3. The topological polar surface area (TPSA) is 106 Å². The van der Waals surface area contributed by atoms with Crippen molar-refractivity contribution in [2.45, 2.75) is 33.9 Å². The molecule has 33 heavy (non-hydrogen) atoms. The molecule has 3 rings (SSSR count). The molecule has 0 bridgehead atoms. The maximum Gasteiger partial charge on any atom is 0.416 e. The van der Waals surface area contributed by atoms with Crippen LogP contribution in [0, 0.1) is 20.8 Å². The minimum atomic E-state index is -4.64. The molecule has 0 aliphatic heterocycles. The van der Waals surface area contributed by atoms with E-state index in [0.29, 0.717) is 27.5 Å². The molecule has 8 nitrogen and oxygen atoms in total. The van der Waals surface area contributed by atoms with E-state index in [1.165, 1.54) is 18.7 Å². The van der Waals surface area contributed by atoms with Crippen molar-refractivity contribution in [3.05, 3.63) is 55.9 Å². The van der Waals surface area contributed by atoms with E-state index >= 15 is 0 Å². The number of anilines is 2. The van der Waals surface area contributed by atoms with E-state index < -0.39 is 23.6 Å². The highest BCUT2D eigenvalue weighted by Gasteiger charge is 2.31. The van der Waals surface area contributed by atoms with Crippen molar-refractivity contribution in [1.82, 2.24) is 14.8 Å². The largest absolute Gasteiger partial charge is 0.416 e. The van der Waals surface area contributed by atoms with E-state index in [9.17, 15) is 27.6 Å². The fourth-order valence-electron chi connectivity index (χ4n) is 3.12. The summed E-state index contributed by atoms with van der Waals surface area (Å²) in [6, 6.07) is 2.62. The van der Waals surface area contributed by atoms with Crippen LogP contribution in [0.5, 0.6) is 0 Å². The highest BCUT2D eigenvalue weighted by molar-refractivity contribution is 7.17. The van der Waals surface area contributed by atoms with Crippen LogP contribution in [0.2, 0.25) is 0 Å². The van der Waals surface area contributed by atoms with Crippen molar-refractivity contribution in [1.29, 1.82) is 0 Å². The number of carbonyl (C=O) groups excluding carboxylic acids is 2. The van der Waals surface area contributed by atoms with Crippen molar-refractivity contribution in [3.8, 4) is 10.6 Å². The zero-order chi connectivity index (χ0) is 24.7. The smallest absolute Gasteiger partial charge is 0.325 e. The Morgan fingerprint density at radius 1 is 1.06 bits per heavy atom. The van der Waals surface area contributed by atoms with E-state index in [-0.39, 0.29) is 21.8 Å². The Morgan fingerprint density at radius 2 is 1.73 bits per heavy atom. The molecule has 3 aromatic rings. The molecule has 12 heteroatoms. The Hall–Kier alpha value is -3.54. The molecular weight excluding hydrogens is 459 g/mol. The van der Waals surface area contributed by atoms with Gasteiger partial charge in [0.15, 0.2) is 0 Å². The number of aromatic nitrogens is 3. The van der Waals surface area contributed by atoms with Crippen LogP contribution < -0.4 is 16.2 Å². The van der Waals surface area contributed by atoms with Gasteiger partial charge in [0.2, 0.25) is 5.91 Å². The summed E-state index contributed by atoms with van der Waals surface area (Å²) < 4.78 is 40.7. The third-order valence-corrected chi connectivity index (χ3v) is 6.02. The quantitative estimate of drug-likeness (QED) is 0.587. The van der Waals surface area contributed by atoms with Crippen LogP contribution in [0.15, 0.2) is 23.0 Å². The lowest BCUT2D eigenvalue weighted by atomic mass is 10.1. The van der Waals surface area contributed by atoms with Crippen molar-refractivity contribution >= 4 is 34.5 Å². The molecule has 0 radical (unpaired) electrons.